The SMILES string of the molecule is NCCC(=O)N1CCC(N2CCC[C@H](C(=O)NCCc3ccccc3)C2)CC1. The third-order valence-corrected chi connectivity index (χ3v) is 6.07. The van der Waals surface area contributed by atoms with Gasteiger partial charge in [-0.15, -0.1) is 0 Å². The number of carbonyl (C=O) groups excluding carboxylic acids is 2. The minimum Gasteiger partial charge on any atom is -0.355 e. The van der Waals surface area contributed by atoms with Crippen molar-refractivity contribution in [2.45, 2.75) is 44.6 Å². The van der Waals surface area contributed by atoms with E-state index in [1.54, 1.807) is 0 Å². The summed E-state index contributed by atoms with van der Waals surface area (Å²) in [4.78, 5) is 29.1. The van der Waals surface area contributed by atoms with Gasteiger partial charge >= 0.3 is 0 Å². The van der Waals surface area contributed by atoms with Crippen LogP contribution in [0.4, 0.5) is 0 Å². The fourth-order valence-electron chi connectivity index (χ4n) is 4.43. The summed E-state index contributed by atoms with van der Waals surface area (Å²) in [5.41, 5.74) is 6.75. The number of piperidine rings is 2. The number of nitrogens with zero attached hydrogens (tertiary/aromatic N) is 2. The Bertz CT molecular complexity index is 629. The highest BCUT2D eigenvalue weighted by atomic mass is 16.2. The van der Waals surface area contributed by atoms with Crippen LogP contribution in [0.1, 0.15) is 37.7 Å². The van der Waals surface area contributed by atoms with E-state index in [1.165, 1.54) is 5.56 Å². The minimum absolute atomic E-state index is 0.0847. The van der Waals surface area contributed by atoms with E-state index in [9.17, 15) is 9.59 Å². The van der Waals surface area contributed by atoms with Gasteiger partial charge in [-0.05, 0) is 44.2 Å². The van der Waals surface area contributed by atoms with E-state index in [2.05, 4.69) is 22.3 Å². The monoisotopic (exact) mass is 386 g/mol. The van der Waals surface area contributed by atoms with Crippen LogP contribution in [0.2, 0.25) is 0 Å². The molecule has 154 valence electrons. The quantitative estimate of drug-likeness (QED) is 0.742. The second-order valence-corrected chi connectivity index (χ2v) is 8.01. The lowest BCUT2D eigenvalue weighted by Gasteiger charge is -2.42. The van der Waals surface area contributed by atoms with Crippen LogP contribution in [-0.2, 0) is 16.0 Å². The summed E-state index contributed by atoms with van der Waals surface area (Å²) < 4.78 is 0. The molecule has 0 bridgehead atoms. The van der Waals surface area contributed by atoms with Crippen LogP contribution in [-0.4, -0.2) is 66.9 Å². The van der Waals surface area contributed by atoms with Crippen LogP contribution in [0.15, 0.2) is 30.3 Å². The van der Waals surface area contributed by atoms with Gasteiger partial charge in [0.25, 0.3) is 0 Å². The van der Waals surface area contributed by atoms with Crippen molar-refractivity contribution in [3.05, 3.63) is 35.9 Å². The summed E-state index contributed by atoms with van der Waals surface area (Å²) >= 11 is 0. The molecule has 1 atom stereocenters. The van der Waals surface area contributed by atoms with Crippen molar-refractivity contribution in [3.8, 4) is 0 Å². The summed E-state index contributed by atoms with van der Waals surface area (Å²) in [7, 11) is 0. The maximum atomic E-state index is 12.6. The molecular weight excluding hydrogens is 352 g/mol. The average molecular weight is 387 g/mol. The highest BCUT2D eigenvalue weighted by Gasteiger charge is 2.32. The number of hydrogen-bond acceptors (Lipinski definition) is 4. The molecule has 6 nitrogen and oxygen atoms in total. The predicted octanol–water partition coefficient (Wildman–Crippen LogP) is 1.40. The van der Waals surface area contributed by atoms with E-state index in [4.69, 9.17) is 5.73 Å². The first-order valence-corrected chi connectivity index (χ1v) is 10.7. The van der Waals surface area contributed by atoms with Gasteiger partial charge < -0.3 is 16.0 Å². The second-order valence-electron chi connectivity index (χ2n) is 8.01. The third-order valence-electron chi connectivity index (χ3n) is 6.07. The van der Waals surface area contributed by atoms with E-state index >= 15 is 0 Å². The highest BCUT2D eigenvalue weighted by molar-refractivity contribution is 5.79. The van der Waals surface area contributed by atoms with Crippen LogP contribution in [0.5, 0.6) is 0 Å². The summed E-state index contributed by atoms with van der Waals surface area (Å²) in [6.45, 7) is 4.66. The molecule has 28 heavy (non-hydrogen) atoms. The Labute approximate surface area is 168 Å². The fourth-order valence-corrected chi connectivity index (χ4v) is 4.43. The van der Waals surface area contributed by atoms with Crippen LogP contribution in [0, 0.1) is 5.92 Å². The van der Waals surface area contributed by atoms with Crippen LogP contribution in [0.3, 0.4) is 0 Å². The number of carbonyl (C=O) groups is 2. The Balaban J connectivity index is 1.41. The van der Waals surface area contributed by atoms with Gasteiger partial charge in [-0.1, -0.05) is 30.3 Å². The van der Waals surface area contributed by atoms with E-state index in [0.717, 1.165) is 58.3 Å². The lowest BCUT2D eigenvalue weighted by atomic mass is 9.93. The Kier molecular flexibility index (Phi) is 7.86. The zero-order valence-electron chi connectivity index (χ0n) is 16.8. The number of amides is 2. The average Bonchev–Trinajstić information content (AvgIpc) is 2.75. The third kappa shape index (κ3) is 5.79. The van der Waals surface area contributed by atoms with E-state index < -0.39 is 0 Å². The molecule has 2 saturated heterocycles. The summed E-state index contributed by atoms with van der Waals surface area (Å²) in [5, 5.41) is 3.13. The maximum absolute atomic E-state index is 12.6. The second kappa shape index (κ2) is 10.6. The van der Waals surface area contributed by atoms with Crippen molar-refractivity contribution in [3.63, 3.8) is 0 Å². The Morgan fingerprint density at radius 2 is 1.82 bits per heavy atom. The first kappa shape index (κ1) is 20.8. The molecule has 2 fully saturated rings. The molecule has 0 unspecified atom stereocenters. The molecule has 0 spiro atoms. The van der Waals surface area contributed by atoms with Crippen LogP contribution in [0.25, 0.3) is 0 Å². The molecule has 2 amide bonds. The molecule has 0 radical (unpaired) electrons. The van der Waals surface area contributed by atoms with Gasteiger partial charge in [0.2, 0.25) is 11.8 Å². The number of rotatable bonds is 7. The van der Waals surface area contributed by atoms with E-state index in [1.807, 2.05) is 23.1 Å². The lowest BCUT2D eigenvalue weighted by Crippen LogP contribution is -2.51. The summed E-state index contributed by atoms with van der Waals surface area (Å²) in [6.07, 6.45) is 5.36. The van der Waals surface area contributed by atoms with Crippen molar-refractivity contribution in [1.82, 2.24) is 15.1 Å². The minimum atomic E-state index is 0.0847. The van der Waals surface area contributed by atoms with Gasteiger partial charge in [0.05, 0.1) is 5.92 Å². The predicted molar refractivity (Wildman–Crippen MR) is 111 cm³/mol. The van der Waals surface area contributed by atoms with Crippen molar-refractivity contribution < 1.29 is 9.59 Å². The van der Waals surface area contributed by atoms with Gasteiger partial charge in [0.1, 0.15) is 0 Å². The summed E-state index contributed by atoms with van der Waals surface area (Å²) in [5.74, 6) is 0.452. The zero-order chi connectivity index (χ0) is 19.8. The molecule has 0 saturated carbocycles. The van der Waals surface area contributed by atoms with Crippen LogP contribution < -0.4 is 11.1 Å². The largest absolute Gasteiger partial charge is 0.355 e. The topological polar surface area (TPSA) is 78.7 Å². The van der Waals surface area contributed by atoms with E-state index in [0.29, 0.717) is 25.6 Å². The maximum Gasteiger partial charge on any atom is 0.224 e. The lowest BCUT2D eigenvalue weighted by molar-refractivity contribution is -0.132. The van der Waals surface area contributed by atoms with Crippen molar-refractivity contribution in [2.24, 2.45) is 11.7 Å². The highest BCUT2D eigenvalue weighted by Crippen LogP contribution is 2.24. The number of nitrogens with one attached hydrogen (secondary N) is 1. The number of nitrogens with two attached hydrogens (primary N) is 1. The molecule has 2 aliphatic heterocycles. The van der Waals surface area contributed by atoms with E-state index in [-0.39, 0.29) is 17.7 Å². The molecule has 6 heteroatoms. The molecule has 0 aliphatic carbocycles. The van der Waals surface area contributed by atoms with Crippen LogP contribution >= 0.6 is 0 Å². The van der Waals surface area contributed by atoms with Crippen molar-refractivity contribution in [2.75, 3.05) is 39.3 Å². The van der Waals surface area contributed by atoms with Gasteiger partial charge in [-0.2, -0.15) is 0 Å². The molecule has 0 aromatic heterocycles. The fraction of sp³-hybridized carbons (Fsp3) is 0.636. The Morgan fingerprint density at radius 3 is 2.54 bits per heavy atom. The first-order valence-electron chi connectivity index (χ1n) is 10.7. The Hall–Kier alpha value is -1.92. The molecule has 1 aromatic rings. The molecule has 3 rings (SSSR count). The van der Waals surface area contributed by atoms with Gasteiger partial charge in [-0.3, -0.25) is 14.5 Å². The number of benzene rings is 1. The first-order chi connectivity index (χ1) is 13.7. The molecule has 2 heterocycles. The number of hydrogen-bond donors (Lipinski definition) is 2. The van der Waals surface area contributed by atoms with Gasteiger partial charge in [0.15, 0.2) is 0 Å². The van der Waals surface area contributed by atoms with Crippen molar-refractivity contribution >= 4 is 11.8 Å². The smallest absolute Gasteiger partial charge is 0.224 e. The van der Waals surface area contributed by atoms with Gasteiger partial charge in [0, 0.05) is 45.2 Å². The molecule has 2 aliphatic rings. The van der Waals surface area contributed by atoms with Crippen molar-refractivity contribution in [1.29, 1.82) is 0 Å². The molecule has 1 aromatic carbocycles. The summed E-state index contributed by atoms with van der Waals surface area (Å²) in [6, 6.07) is 10.8. The standard InChI is InChI=1S/C22H34N4O2/c23-12-8-21(27)25-15-10-20(11-16-25)26-14-4-7-19(17-26)22(28)24-13-9-18-5-2-1-3-6-18/h1-3,5-6,19-20H,4,7-17,23H2,(H,24,28)/t19-/m0/s1. The molecule has 3 N–H and O–H groups in total. The molecular formula is C22H34N4O2. The zero-order valence-corrected chi connectivity index (χ0v) is 16.8. The Morgan fingerprint density at radius 1 is 1.07 bits per heavy atom. The van der Waals surface area contributed by atoms with Gasteiger partial charge in [-0.25, -0.2) is 0 Å². The number of likely N-dealkylation sites (tertiary alicyclic amines) is 2. The normalized spacial score (nSPS) is 21.5.